The van der Waals surface area contributed by atoms with Crippen molar-refractivity contribution in [2.75, 3.05) is 0 Å². The van der Waals surface area contributed by atoms with Crippen LogP contribution in [0.4, 0.5) is 0 Å². The van der Waals surface area contributed by atoms with Gasteiger partial charge in [0, 0.05) is 0 Å². The van der Waals surface area contributed by atoms with E-state index in [2.05, 4.69) is 20.6 Å². The molecule has 0 N–H and O–H groups in total. The molecule has 0 bridgehead atoms. The maximum Gasteiger partial charge on any atom is 0.428 e. The van der Waals surface area contributed by atoms with Gasteiger partial charge in [0.2, 0.25) is 0 Å². The fourth-order valence-electron chi connectivity index (χ4n) is 1.13. The van der Waals surface area contributed by atoms with Crippen LogP contribution >= 0.6 is 0 Å². The highest BCUT2D eigenvalue weighted by atomic mass is 28.5. The Morgan fingerprint density at radius 1 is 1.06 bits per heavy atom. The smallest absolute Gasteiger partial charge is 0.414 e. The molecule has 1 aliphatic rings. The monoisotopic (exact) mass is 317 g/mol. The van der Waals surface area contributed by atoms with E-state index in [9.17, 15) is 0 Å². The van der Waals surface area contributed by atoms with Gasteiger partial charge in [-0.15, -0.1) is 10.2 Å². The van der Waals surface area contributed by atoms with Gasteiger partial charge in [0.1, 0.15) is 5.32 Å². The average molecular weight is 318 g/mol. The van der Waals surface area contributed by atoms with Crippen LogP contribution in [0.3, 0.4) is 0 Å². The second kappa shape index (κ2) is 5.33. The van der Waals surface area contributed by atoms with Gasteiger partial charge >= 0.3 is 36.4 Å². The van der Waals surface area contributed by atoms with E-state index >= 15 is 0 Å². The third kappa shape index (κ3) is 3.82. The molecular formula is C6H13N4O4Si4. The molecule has 1 saturated heterocycles. The second-order valence-electron chi connectivity index (χ2n) is 4.49. The van der Waals surface area contributed by atoms with E-state index in [0.717, 1.165) is 0 Å². The minimum Gasteiger partial charge on any atom is -0.414 e. The Morgan fingerprint density at radius 2 is 1.67 bits per heavy atom. The molecule has 0 spiro atoms. The van der Waals surface area contributed by atoms with Crippen molar-refractivity contribution in [2.24, 2.45) is 0 Å². The van der Waals surface area contributed by atoms with E-state index in [4.69, 9.17) is 16.5 Å². The van der Waals surface area contributed by atoms with Gasteiger partial charge in [0.15, 0.2) is 0 Å². The Balaban J connectivity index is 2.23. The SMILES string of the molecule is C[Si]1(C)O[Si]O[Si](C)(C)O[Si](c2cnnnn2)O1. The van der Waals surface area contributed by atoms with Crippen LogP contribution in [0.2, 0.25) is 26.2 Å². The molecule has 1 aliphatic heterocycles. The van der Waals surface area contributed by atoms with Crippen LogP contribution in [0.5, 0.6) is 0 Å². The third-order valence-electron chi connectivity index (χ3n) is 1.89. The Kier molecular flexibility index (Phi) is 4.17. The molecule has 1 aromatic rings. The highest BCUT2D eigenvalue weighted by Crippen LogP contribution is 2.16. The summed E-state index contributed by atoms with van der Waals surface area (Å²) in [6.45, 7) is 7.78. The maximum atomic E-state index is 5.99. The Morgan fingerprint density at radius 3 is 2.17 bits per heavy atom. The van der Waals surface area contributed by atoms with E-state index in [1.54, 1.807) is 0 Å². The van der Waals surface area contributed by atoms with Gasteiger partial charge in [0.25, 0.3) is 0 Å². The molecule has 8 nitrogen and oxygen atoms in total. The van der Waals surface area contributed by atoms with Crippen molar-refractivity contribution in [3.63, 3.8) is 0 Å². The number of hydrogen-bond acceptors (Lipinski definition) is 8. The van der Waals surface area contributed by atoms with Crippen molar-refractivity contribution >= 4 is 41.7 Å². The van der Waals surface area contributed by atoms with Crippen LogP contribution in [0, 0.1) is 0 Å². The number of aromatic nitrogens is 4. The zero-order valence-corrected chi connectivity index (χ0v) is 14.5. The fraction of sp³-hybridized carbons (Fsp3) is 0.667. The van der Waals surface area contributed by atoms with Gasteiger partial charge < -0.3 is 16.5 Å². The molecule has 1 aromatic heterocycles. The van der Waals surface area contributed by atoms with Crippen molar-refractivity contribution in [1.29, 1.82) is 0 Å². The lowest BCUT2D eigenvalue weighted by atomic mass is 10.9. The Hall–Kier alpha value is -0.352. The molecule has 0 aromatic carbocycles. The summed E-state index contributed by atoms with van der Waals surface area (Å²) < 4.78 is 23.3. The predicted molar refractivity (Wildman–Crippen MR) is 68.1 cm³/mol. The quantitative estimate of drug-likeness (QED) is 0.608. The summed E-state index contributed by atoms with van der Waals surface area (Å²) in [4.78, 5) is 0. The van der Waals surface area contributed by atoms with E-state index < -0.39 is 26.4 Å². The normalized spacial score (nSPS) is 24.2. The molecule has 2 rings (SSSR count). The summed E-state index contributed by atoms with van der Waals surface area (Å²) in [6.07, 6.45) is 1.51. The van der Waals surface area contributed by atoms with E-state index in [1.165, 1.54) is 6.20 Å². The molecule has 2 heterocycles. The van der Waals surface area contributed by atoms with E-state index in [-0.39, 0.29) is 10.0 Å². The molecule has 12 heteroatoms. The van der Waals surface area contributed by atoms with Crippen molar-refractivity contribution in [2.45, 2.75) is 26.2 Å². The van der Waals surface area contributed by atoms with Gasteiger partial charge in [0.05, 0.1) is 6.20 Å². The lowest BCUT2D eigenvalue weighted by molar-refractivity contribution is 0.280. The molecule has 1 fully saturated rings. The van der Waals surface area contributed by atoms with Gasteiger partial charge in [-0.3, -0.25) is 0 Å². The fourth-order valence-corrected chi connectivity index (χ4v) is 9.60. The summed E-state index contributed by atoms with van der Waals surface area (Å²) in [7, 11) is -6.36. The summed E-state index contributed by atoms with van der Waals surface area (Å²) in [5, 5.41) is 15.1. The standard InChI is InChI=1S/C6H13N4O4Si4/c1-17(2)11-15-12-18(3,4)14-16(13-17)6-5-7-9-10-8-6/h5H,1-4H3. The topological polar surface area (TPSA) is 88.5 Å². The van der Waals surface area contributed by atoms with Crippen LogP contribution in [0.15, 0.2) is 6.20 Å². The number of rotatable bonds is 1. The average Bonchev–Trinajstić information content (AvgIpc) is 2.26. The largest absolute Gasteiger partial charge is 0.428 e. The van der Waals surface area contributed by atoms with Gasteiger partial charge in [-0.2, -0.15) is 0 Å². The van der Waals surface area contributed by atoms with Gasteiger partial charge in [-0.25, -0.2) is 0 Å². The molecule has 97 valence electrons. The first kappa shape index (κ1) is 14.1. The molecule has 3 radical (unpaired) electrons. The highest BCUT2D eigenvalue weighted by molar-refractivity contribution is 6.85. The van der Waals surface area contributed by atoms with Crippen molar-refractivity contribution in [1.82, 2.24) is 20.6 Å². The molecule has 0 unspecified atom stereocenters. The first-order valence-electron chi connectivity index (χ1n) is 5.25. The Bertz CT molecular complexity index is 390. The molecule has 0 saturated carbocycles. The lowest BCUT2D eigenvalue weighted by Gasteiger charge is -2.34. The summed E-state index contributed by atoms with van der Waals surface area (Å²) in [6, 6.07) is 0. The van der Waals surface area contributed by atoms with Crippen molar-refractivity contribution < 1.29 is 16.5 Å². The first-order chi connectivity index (χ1) is 8.38. The first-order valence-corrected chi connectivity index (χ1v) is 13.0. The van der Waals surface area contributed by atoms with Crippen LogP contribution in [0.25, 0.3) is 0 Å². The van der Waals surface area contributed by atoms with E-state index in [1.807, 2.05) is 26.2 Å². The third-order valence-corrected chi connectivity index (χ3v) is 12.5. The number of hydrogen-bond donors (Lipinski definition) is 0. The molecular weight excluding hydrogens is 304 g/mol. The van der Waals surface area contributed by atoms with Crippen LogP contribution < -0.4 is 5.32 Å². The highest BCUT2D eigenvalue weighted by Gasteiger charge is 2.42. The predicted octanol–water partition coefficient (Wildman–Crippen LogP) is -1.02. The summed E-state index contributed by atoms with van der Waals surface area (Å²) in [5.74, 6) is 0. The molecule has 18 heavy (non-hydrogen) atoms. The van der Waals surface area contributed by atoms with E-state index in [0.29, 0.717) is 5.32 Å². The van der Waals surface area contributed by atoms with Crippen LogP contribution in [-0.2, 0) is 16.5 Å². The molecule has 0 amide bonds. The summed E-state index contributed by atoms with van der Waals surface area (Å²) >= 11 is 0. The maximum absolute atomic E-state index is 5.99. The van der Waals surface area contributed by atoms with Crippen LogP contribution in [0.1, 0.15) is 0 Å². The number of nitrogens with zero attached hydrogens (tertiary/aromatic N) is 4. The lowest BCUT2D eigenvalue weighted by Crippen LogP contribution is -2.58. The Labute approximate surface area is 111 Å². The minimum atomic E-state index is -2.27. The zero-order chi connectivity index (χ0) is 13.2. The zero-order valence-electron chi connectivity index (χ0n) is 10.5. The molecule has 0 atom stereocenters. The van der Waals surface area contributed by atoms with Gasteiger partial charge in [-0.05, 0) is 36.6 Å². The van der Waals surface area contributed by atoms with Gasteiger partial charge in [-0.1, -0.05) is 0 Å². The minimum absolute atomic E-state index is 0.0338. The summed E-state index contributed by atoms with van der Waals surface area (Å²) in [5.41, 5.74) is 0. The second-order valence-corrected chi connectivity index (χ2v) is 14.6. The molecule has 0 aliphatic carbocycles. The van der Waals surface area contributed by atoms with Crippen LogP contribution in [-0.4, -0.2) is 57.0 Å². The van der Waals surface area contributed by atoms with Crippen molar-refractivity contribution in [3.05, 3.63) is 6.20 Å². The van der Waals surface area contributed by atoms with Crippen molar-refractivity contribution in [3.8, 4) is 0 Å².